The zero-order valence-electron chi connectivity index (χ0n) is 23.9. The van der Waals surface area contributed by atoms with Gasteiger partial charge in [-0.05, 0) is 51.0 Å². The number of carbonyl (C=O) groups is 3. The molecule has 0 spiro atoms. The number of ketones is 1. The van der Waals surface area contributed by atoms with Gasteiger partial charge in [-0.15, -0.1) is 0 Å². The van der Waals surface area contributed by atoms with Crippen LogP contribution in [0.15, 0.2) is 59.8 Å². The van der Waals surface area contributed by atoms with E-state index in [-0.39, 0.29) is 47.6 Å². The molecule has 0 aromatic heterocycles. The maximum absolute atomic E-state index is 13.1. The second kappa shape index (κ2) is 13.9. The van der Waals surface area contributed by atoms with Crippen LogP contribution in [0.3, 0.4) is 0 Å². The van der Waals surface area contributed by atoms with Gasteiger partial charge in [-0.3, -0.25) is 4.79 Å². The number of hydrogen-bond acceptors (Lipinski definition) is 5. The lowest BCUT2D eigenvalue weighted by Gasteiger charge is -2.25. The molecule has 2 aliphatic heterocycles. The fraction of sp³-hybridized carbons (Fsp3) is 0.594. The van der Waals surface area contributed by atoms with Crippen LogP contribution in [0.2, 0.25) is 0 Å². The summed E-state index contributed by atoms with van der Waals surface area (Å²) in [5, 5.41) is 0. The number of cyclic esters (lactones) is 1. The van der Waals surface area contributed by atoms with Crippen molar-refractivity contribution in [1.29, 1.82) is 0 Å². The third-order valence-corrected chi connectivity index (χ3v) is 7.45. The van der Waals surface area contributed by atoms with Gasteiger partial charge in [-0.1, -0.05) is 89.1 Å². The zero-order chi connectivity index (χ0) is 27.8. The highest BCUT2D eigenvalue weighted by atomic mass is 16.5. The number of aldehydes is 1. The van der Waals surface area contributed by atoms with E-state index < -0.39 is 5.60 Å². The Morgan fingerprint density at radius 2 is 1.89 bits per heavy atom. The Balaban J connectivity index is 1.91. The van der Waals surface area contributed by atoms with Crippen molar-refractivity contribution in [1.82, 2.24) is 0 Å². The normalized spacial score (nSPS) is 31.5. The molecule has 0 aromatic rings. The summed E-state index contributed by atoms with van der Waals surface area (Å²) >= 11 is 0. The molecule has 0 aromatic carbocycles. The van der Waals surface area contributed by atoms with E-state index in [1.165, 1.54) is 11.6 Å². The Morgan fingerprint density at radius 1 is 1.19 bits per heavy atom. The minimum absolute atomic E-state index is 0.142. The molecule has 2 aliphatic rings. The van der Waals surface area contributed by atoms with E-state index in [1.54, 1.807) is 6.92 Å². The molecular weight excluding hydrogens is 464 g/mol. The topological polar surface area (TPSA) is 69.7 Å². The predicted molar refractivity (Wildman–Crippen MR) is 149 cm³/mol. The minimum atomic E-state index is -0.784. The molecule has 204 valence electrons. The van der Waals surface area contributed by atoms with E-state index in [9.17, 15) is 14.4 Å². The molecule has 1 fully saturated rings. The van der Waals surface area contributed by atoms with E-state index in [4.69, 9.17) is 9.47 Å². The second-order valence-electron chi connectivity index (χ2n) is 11.3. The summed E-state index contributed by atoms with van der Waals surface area (Å²) in [6.45, 7) is 16.1. The average Bonchev–Trinajstić information content (AvgIpc) is 3.17. The van der Waals surface area contributed by atoms with Crippen molar-refractivity contribution in [3.63, 3.8) is 0 Å². The molecule has 0 N–H and O–H groups in total. The van der Waals surface area contributed by atoms with Gasteiger partial charge in [0.15, 0.2) is 6.29 Å². The Kier molecular flexibility index (Phi) is 11.5. The molecule has 8 unspecified atom stereocenters. The van der Waals surface area contributed by atoms with Crippen LogP contribution >= 0.6 is 0 Å². The number of carbonyl (C=O) groups excluding carboxylic acids is 3. The van der Waals surface area contributed by atoms with Crippen LogP contribution in [0.1, 0.15) is 74.7 Å². The van der Waals surface area contributed by atoms with Crippen LogP contribution in [0.25, 0.3) is 0 Å². The Morgan fingerprint density at radius 3 is 2.51 bits per heavy atom. The predicted octanol–water partition coefficient (Wildman–Crippen LogP) is 6.75. The summed E-state index contributed by atoms with van der Waals surface area (Å²) in [7, 11) is 0. The maximum atomic E-state index is 13.1. The fourth-order valence-electron chi connectivity index (χ4n) is 5.26. The highest BCUT2D eigenvalue weighted by molar-refractivity contribution is 5.85. The smallest absolute Gasteiger partial charge is 0.331 e. The molecule has 37 heavy (non-hydrogen) atoms. The largest absolute Gasteiger partial charge is 0.454 e. The van der Waals surface area contributed by atoms with E-state index in [2.05, 4.69) is 45.1 Å². The standard InChI is InChI=1S/C32H46O5/c1-9-27(14-15-28-23(4)13-16-29(34)36-28)18-22(3)12-10-11-21(2)17-24(5)30(35)26(7)31-25(6)19-32(8,20-33)37-31/h10-11,13-18,20,22-26,28,31H,9,12,19H2,1-8H3/b11-10+,15-14+,21-17+,27-18-. The molecule has 2 heterocycles. The molecular formula is C32H46O5. The number of esters is 1. The lowest BCUT2D eigenvalue weighted by molar-refractivity contribution is -0.143. The maximum Gasteiger partial charge on any atom is 0.331 e. The monoisotopic (exact) mass is 510 g/mol. The quantitative estimate of drug-likeness (QED) is 0.165. The van der Waals surface area contributed by atoms with E-state index >= 15 is 0 Å². The van der Waals surface area contributed by atoms with Gasteiger partial charge in [0, 0.05) is 23.8 Å². The van der Waals surface area contributed by atoms with E-state index in [1.807, 2.05) is 45.9 Å². The summed E-state index contributed by atoms with van der Waals surface area (Å²) < 4.78 is 11.4. The third kappa shape index (κ3) is 9.07. The highest BCUT2D eigenvalue weighted by Crippen LogP contribution is 2.38. The molecule has 0 bridgehead atoms. The van der Waals surface area contributed by atoms with Gasteiger partial charge in [0.1, 0.15) is 17.5 Å². The van der Waals surface area contributed by atoms with Crippen molar-refractivity contribution in [3.8, 4) is 0 Å². The SMILES string of the molecule is CCC(=C/C(C)C/C=C/C(C)=C/C(C)C(=O)C(C)C1OC(C)(C=O)CC1C)/C=C/C1OC(=O)C=CC1C. The lowest BCUT2D eigenvalue weighted by atomic mass is 9.84. The Hall–Kier alpha value is -2.53. The van der Waals surface area contributed by atoms with Crippen LogP contribution in [0.4, 0.5) is 0 Å². The Bertz CT molecular complexity index is 968. The summed E-state index contributed by atoms with van der Waals surface area (Å²) in [6.07, 6.45) is 18.8. The first-order valence-electron chi connectivity index (χ1n) is 13.7. The molecule has 8 atom stereocenters. The van der Waals surface area contributed by atoms with E-state index in [0.717, 1.165) is 24.7 Å². The highest BCUT2D eigenvalue weighted by Gasteiger charge is 2.45. The fourth-order valence-corrected chi connectivity index (χ4v) is 5.26. The molecule has 5 nitrogen and oxygen atoms in total. The van der Waals surface area contributed by atoms with Crippen molar-refractivity contribution in [2.75, 3.05) is 0 Å². The summed E-state index contributed by atoms with van der Waals surface area (Å²) in [5.74, 6) is 0.0580. The molecule has 0 aliphatic carbocycles. The molecule has 0 saturated carbocycles. The first kappa shape index (κ1) is 30.7. The van der Waals surface area contributed by atoms with Crippen LogP contribution in [-0.2, 0) is 23.9 Å². The van der Waals surface area contributed by atoms with Gasteiger partial charge in [-0.25, -0.2) is 4.79 Å². The van der Waals surface area contributed by atoms with Crippen molar-refractivity contribution in [3.05, 3.63) is 59.8 Å². The van der Waals surface area contributed by atoms with Gasteiger partial charge in [0.05, 0.1) is 6.10 Å². The van der Waals surface area contributed by atoms with Gasteiger partial charge < -0.3 is 14.3 Å². The van der Waals surface area contributed by atoms with Crippen molar-refractivity contribution < 1.29 is 23.9 Å². The number of ether oxygens (including phenoxy) is 2. The molecule has 5 heteroatoms. The van der Waals surface area contributed by atoms with Crippen molar-refractivity contribution in [2.24, 2.45) is 29.6 Å². The van der Waals surface area contributed by atoms with E-state index in [0.29, 0.717) is 12.3 Å². The number of Topliss-reactive ketones (excluding diaryl/α,β-unsaturated/α-hetero) is 1. The summed E-state index contributed by atoms with van der Waals surface area (Å²) in [6, 6.07) is 0. The van der Waals surface area contributed by atoms with Crippen LogP contribution in [-0.4, -0.2) is 35.8 Å². The molecule has 1 saturated heterocycles. The van der Waals surface area contributed by atoms with Gasteiger partial charge >= 0.3 is 5.97 Å². The molecule has 2 rings (SSSR count). The first-order chi connectivity index (χ1) is 17.4. The van der Waals surface area contributed by atoms with Crippen LogP contribution in [0.5, 0.6) is 0 Å². The summed E-state index contributed by atoms with van der Waals surface area (Å²) in [4.78, 5) is 36.0. The third-order valence-electron chi connectivity index (χ3n) is 7.45. The van der Waals surface area contributed by atoms with Crippen LogP contribution < -0.4 is 0 Å². The summed E-state index contributed by atoms with van der Waals surface area (Å²) in [5.41, 5.74) is 1.49. The zero-order valence-corrected chi connectivity index (χ0v) is 23.9. The van der Waals surface area contributed by atoms with Crippen molar-refractivity contribution in [2.45, 2.75) is 92.5 Å². The average molecular weight is 511 g/mol. The van der Waals surface area contributed by atoms with Gasteiger partial charge in [0.25, 0.3) is 0 Å². The number of rotatable bonds is 12. The second-order valence-corrected chi connectivity index (χ2v) is 11.3. The molecule has 0 radical (unpaired) electrons. The van der Waals surface area contributed by atoms with Crippen molar-refractivity contribution >= 4 is 18.0 Å². The molecule has 0 amide bonds. The Labute approximate surface area is 223 Å². The minimum Gasteiger partial charge on any atom is -0.454 e. The van der Waals surface area contributed by atoms with Crippen LogP contribution in [0, 0.1) is 29.6 Å². The number of hydrogen-bond donors (Lipinski definition) is 0. The van der Waals surface area contributed by atoms with Gasteiger partial charge in [-0.2, -0.15) is 0 Å². The first-order valence-corrected chi connectivity index (χ1v) is 13.7. The lowest BCUT2D eigenvalue weighted by Crippen LogP contribution is -2.34. The number of allylic oxidation sites excluding steroid dienone is 7. The van der Waals surface area contributed by atoms with Gasteiger partial charge in [0.2, 0.25) is 0 Å².